The lowest BCUT2D eigenvalue weighted by atomic mass is 9.93. The van der Waals surface area contributed by atoms with Gasteiger partial charge in [0, 0.05) is 17.3 Å². The van der Waals surface area contributed by atoms with Crippen molar-refractivity contribution in [2.24, 2.45) is 21.5 Å². The van der Waals surface area contributed by atoms with Crippen molar-refractivity contribution in [3.63, 3.8) is 0 Å². The minimum atomic E-state index is -0.280. The van der Waals surface area contributed by atoms with Gasteiger partial charge in [0.25, 0.3) is 0 Å². The van der Waals surface area contributed by atoms with Crippen LogP contribution in [-0.4, -0.2) is 37.8 Å². The lowest BCUT2D eigenvalue weighted by Crippen LogP contribution is -2.38. The molecule has 0 heterocycles. The number of nitrogens with one attached hydrogen (secondary N) is 2. The van der Waals surface area contributed by atoms with Crippen LogP contribution in [0.15, 0.2) is 45.8 Å². The van der Waals surface area contributed by atoms with Crippen molar-refractivity contribution in [2.45, 2.75) is 31.7 Å². The van der Waals surface area contributed by atoms with E-state index in [4.69, 9.17) is 28.5 Å². The Bertz CT molecular complexity index is 663. The first-order valence-electron chi connectivity index (χ1n) is 8.08. The highest BCUT2D eigenvalue weighted by atomic mass is 35.5. The topological polar surface area (TPSA) is 113 Å². The zero-order valence-electron chi connectivity index (χ0n) is 14.8. The highest BCUT2D eigenvalue weighted by molar-refractivity contribution is 6.35. The maximum Gasteiger partial charge on any atom is 0.150 e. The summed E-state index contributed by atoms with van der Waals surface area (Å²) in [6, 6.07) is 7.06. The van der Waals surface area contributed by atoms with E-state index in [1.807, 2.05) is 14.0 Å². The second-order valence-electron chi connectivity index (χ2n) is 6.10. The smallest absolute Gasteiger partial charge is 0.150 e. The lowest BCUT2D eigenvalue weighted by molar-refractivity contribution is 0.404. The first kappa shape index (κ1) is 21.0. The maximum atomic E-state index is 8.35. The van der Waals surface area contributed by atoms with E-state index >= 15 is 0 Å². The molecule has 1 atom stereocenters. The van der Waals surface area contributed by atoms with E-state index in [-0.39, 0.29) is 22.8 Å². The van der Waals surface area contributed by atoms with Crippen LogP contribution >= 0.6 is 11.6 Å². The third-order valence-electron chi connectivity index (χ3n) is 3.80. The summed E-state index contributed by atoms with van der Waals surface area (Å²) in [5, 5.41) is 11.9. The summed E-state index contributed by atoms with van der Waals surface area (Å²) >= 11 is 6.16. The molecular weight excluding hydrogens is 336 g/mol. The van der Waals surface area contributed by atoms with Crippen molar-refractivity contribution in [3.05, 3.63) is 46.4 Å². The summed E-state index contributed by atoms with van der Waals surface area (Å²) in [7, 11) is 1.90. The van der Waals surface area contributed by atoms with Gasteiger partial charge >= 0.3 is 0 Å². The quantitative estimate of drug-likeness (QED) is 0.480. The van der Waals surface area contributed by atoms with E-state index in [0.29, 0.717) is 17.0 Å². The number of halogens is 1. The van der Waals surface area contributed by atoms with Gasteiger partial charge in [-0.05, 0) is 52.6 Å². The fourth-order valence-corrected chi connectivity index (χ4v) is 2.44. The number of aliphatic imine (C=N–C) groups is 2. The Morgan fingerprint density at radius 1 is 1.40 bits per heavy atom. The molecule has 0 fully saturated rings. The van der Waals surface area contributed by atoms with Crippen molar-refractivity contribution in [3.8, 4) is 0 Å². The number of allylic oxidation sites excluding steroid dienone is 1. The normalized spacial score (nSPS) is 14.9. The summed E-state index contributed by atoms with van der Waals surface area (Å²) in [4.78, 5) is 8.05. The van der Waals surface area contributed by atoms with Gasteiger partial charge in [-0.25, -0.2) is 4.99 Å². The molecule has 6 nitrogen and oxygen atoms in total. The molecule has 0 spiro atoms. The van der Waals surface area contributed by atoms with Gasteiger partial charge in [0.2, 0.25) is 0 Å². The Morgan fingerprint density at radius 2 is 2.08 bits per heavy atom. The number of nitrogens with two attached hydrogens (primary N) is 2. The summed E-state index contributed by atoms with van der Waals surface area (Å²) in [5.41, 5.74) is 12.7. The van der Waals surface area contributed by atoms with E-state index in [9.17, 15) is 0 Å². The molecule has 0 amide bonds. The Balaban J connectivity index is 2.87. The summed E-state index contributed by atoms with van der Waals surface area (Å²) < 4.78 is 0. The Labute approximate surface area is 154 Å². The predicted octanol–water partition coefficient (Wildman–Crippen LogP) is 2.71. The van der Waals surface area contributed by atoms with Crippen LogP contribution < -0.4 is 16.8 Å². The molecule has 6 N–H and O–H groups in total. The van der Waals surface area contributed by atoms with Gasteiger partial charge in [-0.15, -0.1) is 0 Å². The lowest BCUT2D eigenvalue weighted by Gasteiger charge is -2.23. The van der Waals surface area contributed by atoms with Crippen LogP contribution in [0.25, 0.3) is 0 Å². The van der Waals surface area contributed by atoms with Gasteiger partial charge in [-0.2, -0.15) is 0 Å². The van der Waals surface area contributed by atoms with Crippen molar-refractivity contribution in [2.75, 3.05) is 13.6 Å². The van der Waals surface area contributed by atoms with Gasteiger partial charge in [-0.1, -0.05) is 29.8 Å². The second kappa shape index (κ2) is 10.1. The standard InChI is InChI=1S/C18H27ClN6/c1-18(22,10-12-23-2)9-6-11-25-16(17(21)24-3)15(20)13-7-4-5-8-14(13)19/h4-5,7-8,11,20,23H,3,6,9-10,12,21-22H2,1-2H3/b17-16-,20-15?,25-11-. The van der Waals surface area contributed by atoms with Crippen molar-refractivity contribution in [1.82, 2.24) is 5.32 Å². The van der Waals surface area contributed by atoms with Crippen LogP contribution in [-0.2, 0) is 0 Å². The minimum Gasteiger partial charge on any atom is -0.382 e. The van der Waals surface area contributed by atoms with Crippen molar-refractivity contribution in [1.29, 1.82) is 5.41 Å². The second-order valence-corrected chi connectivity index (χ2v) is 6.51. The third-order valence-corrected chi connectivity index (χ3v) is 4.13. The van der Waals surface area contributed by atoms with Crippen LogP contribution in [0.2, 0.25) is 5.02 Å². The molecular formula is C18H27ClN6. The molecule has 0 aromatic heterocycles. The van der Waals surface area contributed by atoms with E-state index in [2.05, 4.69) is 22.0 Å². The predicted molar refractivity (Wildman–Crippen MR) is 108 cm³/mol. The molecule has 1 aromatic carbocycles. The van der Waals surface area contributed by atoms with Gasteiger partial charge in [0.05, 0.1) is 10.7 Å². The first-order chi connectivity index (χ1) is 11.8. The Kier molecular flexibility index (Phi) is 8.48. The number of benzene rings is 1. The van der Waals surface area contributed by atoms with Crippen LogP contribution in [0.5, 0.6) is 0 Å². The van der Waals surface area contributed by atoms with Gasteiger partial charge < -0.3 is 16.8 Å². The van der Waals surface area contributed by atoms with Crippen LogP contribution in [0.1, 0.15) is 31.7 Å². The third kappa shape index (κ3) is 6.78. The number of hydrogen-bond donors (Lipinski definition) is 4. The highest BCUT2D eigenvalue weighted by Crippen LogP contribution is 2.20. The van der Waals surface area contributed by atoms with E-state index in [1.165, 1.54) is 0 Å². The van der Waals surface area contributed by atoms with Crippen LogP contribution in [0.4, 0.5) is 0 Å². The molecule has 0 aliphatic carbocycles. The van der Waals surface area contributed by atoms with E-state index in [0.717, 1.165) is 19.4 Å². The molecule has 0 aliphatic heterocycles. The fraction of sp³-hybridized carbons (Fsp3) is 0.389. The number of nitrogens with zero attached hydrogens (tertiary/aromatic N) is 2. The molecule has 0 radical (unpaired) electrons. The number of rotatable bonds is 10. The maximum absolute atomic E-state index is 8.35. The molecule has 136 valence electrons. The average molecular weight is 363 g/mol. The van der Waals surface area contributed by atoms with Crippen molar-refractivity contribution < 1.29 is 0 Å². The van der Waals surface area contributed by atoms with Crippen LogP contribution in [0.3, 0.4) is 0 Å². The number of hydrogen-bond acceptors (Lipinski definition) is 6. The molecule has 7 heteroatoms. The Morgan fingerprint density at radius 3 is 2.68 bits per heavy atom. The van der Waals surface area contributed by atoms with E-state index < -0.39 is 0 Å². The highest BCUT2D eigenvalue weighted by Gasteiger charge is 2.17. The zero-order valence-corrected chi connectivity index (χ0v) is 15.6. The van der Waals surface area contributed by atoms with Crippen LogP contribution in [0, 0.1) is 5.41 Å². The Hall–Kier alpha value is -2.02. The van der Waals surface area contributed by atoms with Gasteiger partial charge in [0.15, 0.2) is 5.82 Å². The molecule has 0 bridgehead atoms. The molecule has 0 saturated heterocycles. The zero-order chi connectivity index (χ0) is 18.9. The fourth-order valence-electron chi connectivity index (χ4n) is 2.21. The largest absolute Gasteiger partial charge is 0.382 e. The monoisotopic (exact) mass is 362 g/mol. The van der Waals surface area contributed by atoms with Crippen molar-refractivity contribution >= 4 is 30.2 Å². The molecule has 0 aliphatic rings. The first-order valence-corrected chi connectivity index (χ1v) is 8.46. The van der Waals surface area contributed by atoms with E-state index in [1.54, 1.807) is 30.5 Å². The molecule has 0 saturated carbocycles. The molecule has 1 aromatic rings. The summed E-state index contributed by atoms with van der Waals surface area (Å²) in [5.74, 6) is 0.0897. The summed E-state index contributed by atoms with van der Waals surface area (Å²) in [6.45, 7) is 6.29. The SMILES string of the molecule is C=N/C(N)=C(\N=C/CCC(C)(N)CCNC)C(=N)c1ccccc1Cl. The van der Waals surface area contributed by atoms with Gasteiger partial charge in [0.1, 0.15) is 5.70 Å². The molecule has 1 rings (SSSR count). The minimum absolute atomic E-state index is 0.0897. The molecule has 1 unspecified atom stereocenters. The van der Waals surface area contributed by atoms with Gasteiger partial charge in [-0.3, -0.25) is 10.4 Å². The molecule has 25 heavy (non-hydrogen) atoms. The average Bonchev–Trinajstić information content (AvgIpc) is 2.59. The summed E-state index contributed by atoms with van der Waals surface area (Å²) in [6.07, 6.45) is 4.02.